The van der Waals surface area contributed by atoms with E-state index in [1.807, 2.05) is 13.8 Å². The number of rotatable bonds is 6. The van der Waals surface area contributed by atoms with Crippen molar-refractivity contribution in [3.8, 4) is 17.1 Å². The molecule has 4 rings (SSSR count). The number of pyridine rings is 1. The van der Waals surface area contributed by atoms with Gasteiger partial charge in [-0.3, -0.25) is 14.5 Å². The summed E-state index contributed by atoms with van der Waals surface area (Å²) in [6.45, 7) is 3.72. The van der Waals surface area contributed by atoms with Crippen molar-refractivity contribution in [2.45, 2.75) is 32.5 Å². The molecule has 0 atom stereocenters. The quantitative estimate of drug-likeness (QED) is 0.352. The second kappa shape index (κ2) is 9.65. The second-order valence-electron chi connectivity index (χ2n) is 8.42. The molecule has 0 fully saturated rings. The van der Waals surface area contributed by atoms with E-state index >= 15 is 0 Å². The molecule has 0 radical (unpaired) electrons. The molecule has 3 heterocycles. The topological polar surface area (TPSA) is 97.9 Å². The minimum atomic E-state index is -4.53. The maximum atomic E-state index is 13.0. The van der Waals surface area contributed by atoms with Crippen molar-refractivity contribution in [2.24, 2.45) is 7.05 Å². The van der Waals surface area contributed by atoms with Crippen molar-refractivity contribution in [1.29, 1.82) is 0 Å². The van der Waals surface area contributed by atoms with Gasteiger partial charge in [0.15, 0.2) is 11.4 Å². The van der Waals surface area contributed by atoms with Crippen molar-refractivity contribution < 1.29 is 23.1 Å². The van der Waals surface area contributed by atoms with Gasteiger partial charge >= 0.3 is 6.18 Å². The number of nitrogens with one attached hydrogen (secondary N) is 1. The van der Waals surface area contributed by atoms with Crippen LogP contribution in [-0.2, 0) is 19.6 Å². The largest absolute Gasteiger partial charge is 0.504 e. The van der Waals surface area contributed by atoms with E-state index in [0.29, 0.717) is 11.3 Å². The standard InChI is InChI=1S/C24H22ClF3N6O2/c1-13(2)34-20(16(25)11-30-34)23(36)31-17-8-9-29-18(21(17)35)10-14-4-6-15(7-5-14)22-32-19(12-33(22)3)24(26,27)28/h4-9,11-13,35H,10H2,1-3H3,(H,29,31,36). The molecule has 0 saturated carbocycles. The van der Waals surface area contributed by atoms with E-state index in [4.69, 9.17) is 11.6 Å². The summed E-state index contributed by atoms with van der Waals surface area (Å²) in [5.74, 6) is -0.560. The molecule has 0 aliphatic rings. The first-order valence-electron chi connectivity index (χ1n) is 10.9. The number of aromatic nitrogens is 5. The highest BCUT2D eigenvalue weighted by Crippen LogP contribution is 2.32. The fourth-order valence-corrected chi connectivity index (χ4v) is 3.91. The van der Waals surface area contributed by atoms with E-state index in [1.165, 1.54) is 34.8 Å². The van der Waals surface area contributed by atoms with Crippen LogP contribution in [0, 0.1) is 0 Å². The average molecular weight is 519 g/mol. The van der Waals surface area contributed by atoms with Crippen LogP contribution in [0.25, 0.3) is 11.4 Å². The highest BCUT2D eigenvalue weighted by molar-refractivity contribution is 6.34. The van der Waals surface area contributed by atoms with Gasteiger partial charge in [0.25, 0.3) is 5.91 Å². The van der Waals surface area contributed by atoms with Gasteiger partial charge in [-0.1, -0.05) is 35.9 Å². The molecule has 1 aromatic carbocycles. The summed E-state index contributed by atoms with van der Waals surface area (Å²) >= 11 is 6.14. The summed E-state index contributed by atoms with van der Waals surface area (Å²) in [7, 11) is 1.49. The van der Waals surface area contributed by atoms with Crippen molar-refractivity contribution in [1.82, 2.24) is 24.3 Å². The third-order valence-corrected chi connectivity index (χ3v) is 5.73. The van der Waals surface area contributed by atoms with Crippen molar-refractivity contribution in [3.05, 3.63) is 76.6 Å². The first-order chi connectivity index (χ1) is 17.0. The summed E-state index contributed by atoms with van der Waals surface area (Å²) < 4.78 is 41.7. The van der Waals surface area contributed by atoms with Crippen molar-refractivity contribution in [3.63, 3.8) is 0 Å². The van der Waals surface area contributed by atoms with Gasteiger partial charge in [-0.25, -0.2) is 4.98 Å². The molecule has 2 N–H and O–H groups in total. The smallest absolute Gasteiger partial charge is 0.434 e. The Morgan fingerprint density at radius 2 is 1.89 bits per heavy atom. The molecule has 12 heteroatoms. The Bertz CT molecular complexity index is 1410. The van der Waals surface area contributed by atoms with Gasteiger partial charge in [0.2, 0.25) is 0 Å². The number of alkyl halides is 3. The highest BCUT2D eigenvalue weighted by Gasteiger charge is 2.34. The number of anilines is 1. The Labute approximate surface area is 209 Å². The Morgan fingerprint density at radius 3 is 2.50 bits per heavy atom. The summed E-state index contributed by atoms with van der Waals surface area (Å²) in [4.78, 5) is 20.7. The van der Waals surface area contributed by atoms with Gasteiger partial charge in [-0.15, -0.1) is 0 Å². The average Bonchev–Trinajstić information content (AvgIpc) is 3.40. The van der Waals surface area contributed by atoms with Crippen molar-refractivity contribution in [2.75, 3.05) is 5.32 Å². The number of nitrogens with zero attached hydrogens (tertiary/aromatic N) is 5. The van der Waals surface area contributed by atoms with Crippen LogP contribution in [0.2, 0.25) is 5.02 Å². The molecule has 0 aliphatic carbocycles. The van der Waals surface area contributed by atoms with Crippen molar-refractivity contribution >= 4 is 23.2 Å². The predicted octanol–water partition coefficient (Wildman–Crippen LogP) is 5.48. The number of aryl methyl sites for hydroxylation is 1. The molecule has 1 amide bonds. The van der Waals surface area contributed by atoms with E-state index in [9.17, 15) is 23.1 Å². The zero-order valence-corrected chi connectivity index (χ0v) is 20.3. The van der Waals surface area contributed by atoms with E-state index in [0.717, 1.165) is 11.8 Å². The number of imidazole rings is 1. The van der Waals surface area contributed by atoms with Gasteiger partial charge in [-0.05, 0) is 25.5 Å². The summed E-state index contributed by atoms with van der Waals surface area (Å²) in [5, 5.41) is 17.7. The lowest BCUT2D eigenvalue weighted by atomic mass is 10.1. The molecule has 36 heavy (non-hydrogen) atoms. The number of amides is 1. The molecule has 0 spiro atoms. The monoisotopic (exact) mass is 518 g/mol. The highest BCUT2D eigenvalue weighted by atomic mass is 35.5. The van der Waals surface area contributed by atoms with Gasteiger partial charge in [0.05, 0.1) is 22.6 Å². The van der Waals surface area contributed by atoms with E-state index in [1.54, 1.807) is 24.3 Å². The van der Waals surface area contributed by atoms with E-state index < -0.39 is 17.8 Å². The maximum absolute atomic E-state index is 13.0. The summed E-state index contributed by atoms with van der Waals surface area (Å²) in [5.41, 5.74) is 0.921. The number of aromatic hydroxyl groups is 1. The second-order valence-corrected chi connectivity index (χ2v) is 8.83. The van der Waals surface area contributed by atoms with Gasteiger partial charge in [0.1, 0.15) is 11.5 Å². The molecular weight excluding hydrogens is 497 g/mol. The molecule has 0 saturated heterocycles. The minimum absolute atomic E-state index is 0.103. The molecule has 3 aromatic heterocycles. The van der Waals surface area contributed by atoms with Crippen LogP contribution in [0.4, 0.5) is 18.9 Å². The summed E-state index contributed by atoms with van der Waals surface area (Å²) in [6.07, 6.45) is -0.541. The number of halogens is 4. The third-order valence-electron chi connectivity index (χ3n) is 5.45. The first kappa shape index (κ1) is 25.2. The van der Waals surface area contributed by atoms with Crippen LogP contribution in [0.15, 0.2) is 48.9 Å². The summed E-state index contributed by atoms with van der Waals surface area (Å²) in [6, 6.07) is 8.08. The maximum Gasteiger partial charge on any atom is 0.434 e. The molecule has 0 unspecified atom stereocenters. The van der Waals surface area contributed by atoms with E-state index in [-0.39, 0.29) is 40.4 Å². The lowest BCUT2D eigenvalue weighted by Gasteiger charge is -2.13. The number of carbonyl (C=O) groups excluding carboxylic acids is 1. The molecule has 0 bridgehead atoms. The lowest BCUT2D eigenvalue weighted by Crippen LogP contribution is -2.19. The van der Waals surface area contributed by atoms with Crippen LogP contribution in [-0.4, -0.2) is 35.3 Å². The zero-order chi connectivity index (χ0) is 26.2. The molecular formula is C24H22ClF3N6O2. The molecule has 4 aromatic rings. The normalized spacial score (nSPS) is 11.8. The molecule has 0 aliphatic heterocycles. The van der Waals surface area contributed by atoms with E-state index in [2.05, 4.69) is 20.4 Å². The predicted molar refractivity (Wildman–Crippen MR) is 128 cm³/mol. The number of hydrogen-bond donors (Lipinski definition) is 2. The van der Waals surface area contributed by atoms with Gasteiger partial charge < -0.3 is 15.0 Å². The molecule has 8 nitrogen and oxygen atoms in total. The minimum Gasteiger partial charge on any atom is -0.504 e. The third kappa shape index (κ3) is 5.06. The Kier molecular flexibility index (Phi) is 6.77. The Hall–Kier alpha value is -3.86. The Morgan fingerprint density at radius 1 is 1.19 bits per heavy atom. The van der Waals surface area contributed by atoms with Crippen LogP contribution in [0.5, 0.6) is 5.75 Å². The zero-order valence-electron chi connectivity index (χ0n) is 19.5. The van der Waals surface area contributed by atoms with Gasteiger partial charge in [-0.2, -0.15) is 18.3 Å². The van der Waals surface area contributed by atoms with Crippen LogP contribution < -0.4 is 5.32 Å². The first-order valence-corrected chi connectivity index (χ1v) is 11.2. The molecule has 188 valence electrons. The van der Waals surface area contributed by atoms with Crippen LogP contribution in [0.3, 0.4) is 0 Å². The number of hydrogen-bond acceptors (Lipinski definition) is 5. The number of benzene rings is 1. The Balaban J connectivity index is 1.53. The van der Waals surface area contributed by atoms with Crippen LogP contribution in [0.1, 0.15) is 47.3 Å². The van der Waals surface area contributed by atoms with Crippen LogP contribution >= 0.6 is 11.6 Å². The number of carbonyl (C=O) groups is 1. The fraction of sp³-hybridized carbons (Fsp3) is 0.250. The lowest BCUT2D eigenvalue weighted by molar-refractivity contribution is -0.140. The van der Waals surface area contributed by atoms with Gasteiger partial charge in [0, 0.05) is 37.5 Å². The fourth-order valence-electron chi connectivity index (χ4n) is 3.69. The SMILES string of the molecule is CC(C)n1ncc(Cl)c1C(=O)Nc1ccnc(Cc2ccc(-c3nc(C(F)(F)F)cn3C)cc2)c1O.